The highest BCUT2D eigenvalue weighted by atomic mass is 16.5. The molecule has 1 fully saturated rings. The average Bonchev–Trinajstić information content (AvgIpc) is 3.15. The fourth-order valence-electron chi connectivity index (χ4n) is 2.83. The van der Waals surface area contributed by atoms with Crippen molar-refractivity contribution >= 4 is 0 Å². The Hall–Kier alpha value is -1.60. The van der Waals surface area contributed by atoms with E-state index in [2.05, 4.69) is 67.6 Å². The fraction of sp³-hybridized carbons (Fsp3) is 0.294. The maximum Gasteiger partial charge on any atom is 0.0725 e. The van der Waals surface area contributed by atoms with Crippen LogP contribution in [0.15, 0.2) is 60.7 Å². The van der Waals surface area contributed by atoms with E-state index >= 15 is 0 Å². The first-order valence-corrected chi connectivity index (χ1v) is 6.63. The topological polar surface area (TPSA) is 9.23 Å². The van der Waals surface area contributed by atoms with E-state index < -0.39 is 0 Å². The van der Waals surface area contributed by atoms with E-state index in [4.69, 9.17) is 4.74 Å². The van der Waals surface area contributed by atoms with Crippen molar-refractivity contribution < 1.29 is 4.74 Å². The molecule has 0 bridgehead atoms. The van der Waals surface area contributed by atoms with Crippen LogP contribution in [0, 0.1) is 0 Å². The Morgan fingerprint density at radius 3 is 1.61 bits per heavy atom. The molecule has 18 heavy (non-hydrogen) atoms. The Labute approximate surface area is 108 Å². The molecule has 1 heteroatoms. The zero-order valence-corrected chi connectivity index (χ0v) is 10.6. The molecule has 1 nitrogen and oxygen atoms in total. The highest BCUT2D eigenvalue weighted by Gasteiger charge is 2.52. The lowest BCUT2D eigenvalue weighted by Crippen LogP contribution is -1.96. The SMILES string of the molecule is CCOC1[C@@H](c2ccccc2)[C@@H]1c1ccccc1. The lowest BCUT2D eigenvalue weighted by Gasteiger charge is -1.99. The zero-order valence-electron chi connectivity index (χ0n) is 10.6. The van der Waals surface area contributed by atoms with Gasteiger partial charge < -0.3 is 4.74 Å². The summed E-state index contributed by atoms with van der Waals surface area (Å²) < 4.78 is 5.89. The van der Waals surface area contributed by atoms with Gasteiger partial charge in [-0.15, -0.1) is 0 Å². The van der Waals surface area contributed by atoms with Crippen LogP contribution in [0.1, 0.15) is 29.9 Å². The Kier molecular flexibility index (Phi) is 3.16. The van der Waals surface area contributed by atoms with Crippen LogP contribution in [0.2, 0.25) is 0 Å². The quantitative estimate of drug-likeness (QED) is 0.783. The molecule has 2 aromatic rings. The molecule has 0 spiro atoms. The van der Waals surface area contributed by atoms with E-state index in [1.54, 1.807) is 0 Å². The van der Waals surface area contributed by atoms with Gasteiger partial charge in [0.05, 0.1) is 6.10 Å². The maximum absolute atomic E-state index is 5.89. The van der Waals surface area contributed by atoms with Gasteiger partial charge >= 0.3 is 0 Å². The lowest BCUT2D eigenvalue weighted by molar-refractivity contribution is 0.124. The molecule has 2 atom stereocenters. The van der Waals surface area contributed by atoms with Gasteiger partial charge in [-0.25, -0.2) is 0 Å². The second kappa shape index (κ2) is 4.95. The molecule has 1 aliphatic rings. The molecule has 1 aliphatic carbocycles. The minimum Gasteiger partial charge on any atom is -0.377 e. The van der Waals surface area contributed by atoms with E-state index in [0.717, 1.165) is 6.61 Å². The summed E-state index contributed by atoms with van der Waals surface area (Å²) in [6, 6.07) is 21.4. The summed E-state index contributed by atoms with van der Waals surface area (Å²) in [6.45, 7) is 2.86. The number of benzene rings is 2. The molecule has 0 unspecified atom stereocenters. The van der Waals surface area contributed by atoms with Gasteiger partial charge in [-0.3, -0.25) is 0 Å². The standard InChI is InChI=1S/C17H18O/c1-2-18-17-15(13-9-5-3-6-10-13)16(17)14-11-7-4-8-12-14/h3-12,15-17H,2H2,1H3/t15-,16-/m0/s1. The molecule has 0 amide bonds. The lowest BCUT2D eigenvalue weighted by atomic mass is 10.0. The van der Waals surface area contributed by atoms with Crippen LogP contribution in [-0.4, -0.2) is 12.7 Å². The van der Waals surface area contributed by atoms with Crippen LogP contribution in [0.3, 0.4) is 0 Å². The van der Waals surface area contributed by atoms with E-state index in [1.807, 2.05) is 0 Å². The van der Waals surface area contributed by atoms with Crippen LogP contribution in [0.4, 0.5) is 0 Å². The molecule has 2 aromatic carbocycles. The third-order valence-electron chi connectivity index (χ3n) is 3.68. The van der Waals surface area contributed by atoms with Crippen LogP contribution in [-0.2, 0) is 4.74 Å². The average molecular weight is 238 g/mol. The van der Waals surface area contributed by atoms with Gasteiger partial charge in [0.15, 0.2) is 0 Å². The Balaban J connectivity index is 1.86. The molecular weight excluding hydrogens is 220 g/mol. The molecule has 0 saturated heterocycles. The van der Waals surface area contributed by atoms with Crippen molar-refractivity contribution in [2.24, 2.45) is 0 Å². The van der Waals surface area contributed by atoms with Gasteiger partial charge in [-0.1, -0.05) is 60.7 Å². The molecule has 0 N–H and O–H groups in total. The van der Waals surface area contributed by atoms with Crippen molar-refractivity contribution in [3.8, 4) is 0 Å². The van der Waals surface area contributed by atoms with Gasteiger partial charge in [0.2, 0.25) is 0 Å². The first-order chi connectivity index (χ1) is 8.92. The largest absolute Gasteiger partial charge is 0.377 e. The summed E-state index contributed by atoms with van der Waals surface area (Å²) in [7, 11) is 0. The summed E-state index contributed by atoms with van der Waals surface area (Å²) in [6.07, 6.45) is 0.347. The van der Waals surface area contributed by atoms with Gasteiger partial charge in [0, 0.05) is 18.4 Å². The number of hydrogen-bond acceptors (Lipinski definition) is 1. The Morgan fingerprint density at radius 2 is 1.22 bits per heavy atom. The third-order valence-corrected chi connectivity index (χ3v) is 3.68. The number of rotatable bonds is 4. The minimum absolute atomic E-state index is 0.347. The van der Waals surface area contributed by atoms with Crippen molar-refractivity contribution in [1.82, 2.24) is 0 Å². The second-order valence-electron chi connectivity index (χ2n) is 4.79. The van der Waals surface area contributed by atoms with Crippen molar-refractivity contribution in [1.29, 1.82) is 0 Å². The van der Waals surface area contributed by atoms with Gasteiger partial charge in [0.1, 0.15) is 0 Å². The first-order valence-electron chi connectivity index (χ1n) is 6.63. The van der Waals surface area contributed by atoms with Crippen molar-refractivity contribution in [2.45, 2.75) is 24.9 Å². The van der Waals surface area contributed by atoms with E-state index in [1.165, 1.54) is 11.1 Å². The maximum atomic E-state index is 5.89. The van der Waals surface area contributed by atoms with Crippen LogP contribution < -0.4 is 0 Å². The molecule has 0 aliphatic heterocycles. The molecule has 1 saturated carbocycles. The van der Waals surface area contributed by atoms with Crippen LogP contribution >= 0.6 is 0 Å². The zero-order chi connectivity index (χ0) is 12.4. The second-order valence-corrected chi connectivity index (χ2v) is 4.79. The van der Waals surface area contributed by atoms with E-state index in [-0.39, 0.29) is 0 Å². The van der Waals surface area contributed by atoms with Gasteiger partial charge in [-0.05, 0) is 18.1 Å². The summed E-state index contributed by atoms with van der Waals surface area (Å²) >= 11 is 0. The van der Waals surface area contributed by atoms with Gasteiger partial charge in [0.25, 0.3) is 0 Å². The third kappa shape index (κ3) is 2.06. The molecule has 0 radical (unpaired) electrons. The summed E-state index contributed by atoms with van der Waals surface area (Å²) in [4.78, 5) is 0. The Morgan fingerprint density at radius 1 is 0.778 bits per heavy atom. The molecule has 0 heterocycles. The summed E-state index contributed by atoms with van der Waals surface area (Å²) in [5.74, 6) is 1.04. The number of hydrogen-bond donors (Lipinski definition) is 0. The van der Waals surface area contributed by atoms with Crippen molar-refractivity contribution in [3.63, 3.8) is 0 Å². The highest BCUT2D eigenvalue weighted by molar-refractivity contribution is 5.40. The fourth-order valence-corrected chi connectivity index (χ4v) is 2.83. The number of ether oxygens (including phenoxy) is 1. The Bertz CT molecular complexity index is 446. The minimum atomic E-state index is 0.347. The van der Waals surface area contributed by atoms with E-state index in [9.17, 15) is 0 Å². The van der Waals surface area contributed by atoms with Crippen molar-refractivity contribution in [3.05, 3.63) is 71.8 Å². The monoisotopic (exact) mass is 238 g/mol. The predicted molar refractivity (Wildman–Crippen MR) is 73.8 cm³/mol. The van der Waals surface area contributed by atoms with Crippen LogP contribution in [0.25, 0.3) is 0 Å². The summed E-state index contributed by atoms with van der Waals surface area (Å²) in [5, 5.41) is 0. The smallest absolute Gasteiger partial charge is 0.0725 e. The molecule has 0 aromatic heterocycles. The summed E-state index contributed by atoms with van der Waals surface area (Å²) in [5.41, 5.74) is 2.79. The van der Waals surface area contributed by atoms with Gasteiger partial charge in [-0.2, -0.15) is 0 Å². The first kappa shape index (κ1) is 11.5. The van der Waals surface area contributed by atoms with E-state index in [0.29, 0.717) is 17.9 Å². The molecule has 92 valence electrons. The van der Waals surface area contributed by atoms with Crippen molar-refractivity contribution in [2.75, 3.05) is 6.61 Å². The molecule has 3 rings (SSSR count). The highest BCUT2D eigenvalue weighted by Crippen LogP contribution is 2.56. The normalized spacial score (nSPS) is 25.9. The predicted octanol–water partition coefficient (Wildman–Crippen LogP) is 3.97. The van der Waals surface area contributed by atoms with Crippen LogP contribution in [0.5, 0.6) is 0 Å². The molecular formula is C17H18O.